The molecule has 0 saturated heterocycles. The third kappa shape index (κ3) is 3.16. The average molecular weight is 244 g/mol. The maximum atomic E-state index is 12.0. The highest BCUT2D eigenvalue weighted by Crippen LogP contribution is 2.26. The smallest absolute Gasteiger partial charge is 0.147 e. The van der Waals surface area contributed by atoms with E-state index < -0.39 is 5.92 Å². The van der Waals surface area contributed by atoms with Crippen LogP contribution in [0.5, 0.6) is 0 Å². The Labute approximate surface area is 109 Å². The van der Waals surface area contributed by atoms with Gasteiger partial charge in [0, 0.05) is 12.8 Å². The topological polar surface area (TPSA) is 34.1 Å². The maximum Gasteiger partial charge on any atom is 0.147 e. The Morgan fingerprint density at radius 3 is 1.94 bits per heavy atom. The van der Waals surface area contributed by atoms with Gasteiger partial charge in [0.25, 0.3) is 0 Å². The number of carbonyl (C=O) groups is 2. The zero-order chi connectivity index (χ0) is 13.5. The van der Waals surface area contributed by atoms with Crippen LogP contribution in [0.25, 0.3) is 5.57 Å². The van der Waals surface area contributed by atoms with Crippen molar-refractivity contribution in [3.8, 4) is 0 Å². The van der Waals surface area contributed by atoms with Crippen molar-refractivity contribution in [3.63, 3.8) is 0 Å². The normalized spacial score (nSPS) is 11.7. The molecule has 0 saturated carbocycles. The summed E-state index contributed by atoms with van der Waals surface area (Å²) in [5.41, 5.74) is 1.78. The molecule has 1 aromatic carbocycles. The molecule has 0 aliphatic heterocycles. The number of rotatable bonds is 6. The molecule has 0 spiro atoms. The molecule has 0 aliphatic carbocycles. The van der Waals surface area contributed by atoms with Gasteiger partial charge in [0.1, 0.15) is 17.5 Å². The lowest BCUT2D eigenvalue weighted by molar-refractivity contribution is -0.130. The number of ketones is 2. The SMILES string of the molecule is C/C=C(/c1ccccc1)C(C(=O)CC)C(=O)CC. The Kier molecular flexibility index (Phi) is 5.50. The summed E-state index contributed by atoms with van der Waals surface area (Å²) in [6, 6.07) is 9.64. The second kappa shape index (κ2) is 6.90. The van der Waals surface area contributed by atoms with Gasteiger partial charge in [-0.25, -0.2) is 0 Å². The highest BCUT2D eigenvalue weighted by atomic mass is 16.1. The van der Waals surface area contributed by atoms with Gasteiger partial charge >= 0.3 is 0 Å². The molecule has 18 heavy (non-hydrogen) atoms. The Morgan fingerprint density at radius 1 is 1.06 bits per heavy atom. The van der Waals surface area contributed by atoms with Crippen LogP contribution >= 0.6 is 0 Å². The third-order valence-electron chi connectivity index (χ3n) is 3.07. The molecule has 0 atom stereocenters. The molecule has 0 fully saturated rings. The fraction of sp³-hybridized carbons (Fsp3) is 0.375. The van der Waals surface area contributed by atoms with E-state index in [-0.39, 0.29) is 11.6 Å². The van der Waals surface area contributed by atoms with Gasteiger partial charge in [-0.1, -0.05) is 50.3 Å². The molecule has 0 unspecified atom stereocenters. The monoisotopic (exact) mass is 244 g/mol. The van der Waals surface area contributed by atoms with Crippen LogP contribution in [0.2, 0.25) is 0 Å². The van der Waals surface area contributed by atoms with Crippen molar-refractivity contribution >= 4 is 17.1 Å². The number of hydrogen-bond acceptors (Lipinski definition) is 2. The Balaban J connectivity index is 3.18. The highest BCUT2D eigenvalue weighted by Gasteiger charge is 2.27. The zero-order valence-electron chi connectivity index (χ0n) is 11.3. The van der Waals surface area contributed by atoms with E-state index in [1.807, 2.05) is 43.3 Å². The lowest BCUT2D eigenvalue weighted by atomic mass is 9.84. The van der Waals surface area contributed by atoms with Crippen molar-refractivity contribution in [2.45, 2.75) is 33.6 Å². The maximum absolute atomic E-state index is 12.0. The zero-order valence-corrected chi connectivity index (χ0v) is 11.3. The van der Waals surface area contributed by atoms with Gasteiger partial charge in [0.15, 0.2) is 0 Å². The second-order valence-electron chi connectivity index (χ2n) is 4.18. The van der Waals surface area contributed by atoms with Gasteiger partial charge in [-0.05, 0) is 18.1 Å². The molecule has 96 valence electrons. The Bertz CT molecular complexity index is 427. The molecular weight excluding hydrogens is 224 g/mol. The minimum absolute atomic E-state index is 0.00111. The molecule has 2 nitrogen and oxygen atoms in total. The van der Waals surface area contributed by atoms with E-state index in [4.69, 9.17) is 0 Å². The highest BCUT2D eigenvalue weighted by molar-refractivity contribution is 6.12. The van der Waals surface area contributed by atoms with Crippen molar-refractivity contribution in [1.82, 2.24) is 0 Å². The van der Waals surface area contributed by atoms with E-state index in [1.54, 1.807) is 13.8 Å². The lowest BCUT2D eigenvalue weighted by Gasteiger charge is -2.17. The molecule has 2 heteroatoms. The predicted octanol–water partition coefficient (Wildman–Crippen LogP) is 3.66. The van der Waals surface area contributed by atoms with Gasteiger partial charge in [-0.3, -0.25) is 9.59 Å². The summed E-state index contributed by atoms with van der Waals surface area (Å²) in [6.45, 7) is 5.48. The summed E-state index contributed by atoms with van der Waals surface area (Å²) in [5, 5.41) is 0. The average Bonchev–Trinajstić information content (AvgIpc) is 2.44. The van der Waals surface area contributed by atoms with Gasteiger partial charge in [0.2, 0.25) is 0 Å². The molecule has 0 N–H and O–H groups in total. The Hall–Kier alpha value is -1.70. The van der Waals surface area contributed by atoms with Crippen molar-refractivity contribution in [2.75, 3.05) is 0 Å². The van der Waals surface area contributed by atoms with E-state index in [0.717, 1.165) is 11.1 Å². The number of carbonyl (C=O) groups excluding carboxylic acids is 2. The second-order valence-corrected chi connectivity index (χ2v) is 4.18. The van der Waals surface area contributed by atoms with E-state index in [2.05, 4.69) is 0 Å². The third-order valence-corrected chi connectivity index (χ3v) is 3.07. The predicted molar refractivity (Wildman–Crippen MR) is 74.2 cm³/mol. The van der Waals surface area contributed by atoms with Crippen LogP contribution in [0.3, 0.4) is 0 Å². The first-order valence-electron chi connectivity index (χ1n) is 6.42. The van der Waals surface area contributed by atoms with Gasteiger partial charge in [-0.15, -0.1) is 0 Å². The van der Waals surface area contributed by atoms with E-state index in [1.165, 1.54) is 0 Å². The standard InChI is InChI=1S/C16H20O2/c1-4-13(12-10-8-7-9-11-12)16(14(17)5-2)15(18)6-3/h4,7-11,16H,5-6H2,1-3H3/b13-4-. The van der Waals surface area contributed by atoms with Crippen LogP contribution in [0.4, 0.5) is 0 Å². The molecule has 0 bridgehead atoms. The molecule has 1 aromatic rings. The van der Waals surface area contributed by atoms with Crippen LogP contribution in [0.1, 0.15) is 39.2 Å². The minimum atomic E-state index is -0.604. The van der Waals surface area contributed by atoms with Crippen LogP contribution < -0.4 is 0 Å². The van der Waals surface area contributed by atoms with Crippen molar-refractivity contribution in [1.29, 1.82) is 0 Å². The first-order chi connectivity index (χ1) is 8.65. The molecule has 0 amide bonds. The summed E-state index contributed by atoms with van der Waals surface area (Å²) < 4.78 is 0. The fourth-order valence-corrected chi connectivity index (χ4v) is 2.07. The molecule has 0 aliphatic rings. The first kappa shape index (κ1) is 14.4. The molecule has 1 rings (SSSR count). The van der Waals surface area contributed by atoms with Gasteiger partial charge < -0.3 is 0 Å². The van der Waals surface area contributed by atoms with Crippen LogP contribution in [-0.4, -0.2) is 11.6 Å². The fourth-order valence-electron chi connectivity index (χ4n) is 2.07. The van der Waals surface area contributed by atoms with Crippen molar-refractivity contribution < 1.29 is 9.59 Å². The van der Waals surface area contributed by atoms with E-state index in [0.29, 0.717) is 12.8 Å². The van der Waals surface area contributed by atoms with Crippen molar-refractivity contribution in [3.05, 3.63) is 42.0 Å². The van der Waals surface area contributed by atoms with Crippen LogP contribution in [-0.2, 0) is 9.59 Å². The quantitative estimate of drug-likeness (QED) is 0.715. The number of allylic oxidation sites excluding steroid dienone is 2. The molecule has 0 radical (unpaired) electrons. The van der Waals surface area contributed by atoms with Gasteiger partial charge in [0.05, 0.1) is 0 Å². The van der Waals surface area contributed by atoms with Gasteiger partial charge in [-0.2, -0.15) is 0 Å². The summed E-state index contributed by atoms with van der Waals surface area (Å²) >= 11 is 0. The summed E-state index contributed by atoms with van der Waals surface area (Å²) in [6.07, 6.45) is 2.66. The summed E-state index contributed by atoms with van der Waals surface area (Å²) in [4.78, 5) is 24.0. The summed E-state index contributed by atoms with van der Waals surface area (Å²) in [7, 11) is 0. The van der Waals surface area contributed by atoms with Crippen LogP contribution in [0.15, 0.2) is 36.4 Å². The van der Waals surface area contributed by atoms with E-state index in [9.17, 15) is 9.59 Å². The first-order valence-corrected chi connectivity index (χ1v) is 6.42. The molecular formula is C16H20O2. The van der Waals surface area contributed by atoms with Crippen molar-refractivity contribution in [2.24, 2.45) is 5.92 Å². The number of Topliss-reactive ketones (excluding diaryl/α,β-unsaturated/α-hetero) is 2. The number of hydrogen-bond donors (Lipinski definition) is 0. The number of benzene rings is 1. The Morgan fingerprint density at radius 2 is 1.56 bits per heavy atom. The molecule has 0 heterocycles. The van der Waals surface area contributed by atoms with Crippen LogP contribution in [0, 0.1) is 5.92 Å². The molecule has 0 aromatic heterocycles. The summed E-state index contributed by atoms with van der Waals surface area (Å²) in [5.74, 6) is -0.606. The van der Waals surface area contributed by atoms with E-state index >= 15 is 0 Å². The minimum Gasteiger partial charge on any atom is -0.299 e. The lowest BCUT2D eigenvalue weighted by Crippen LogP contribution is -2.24. The largest absolute Gasteiger partial charge is 0.299 e.